The first-order valence-corrected chi connectivity index (χ1v) is 8.52. The molecule has 0 saturated carbocycles. The molecule has 130 valence electrons. The lowest BCUT2D eigenvalue weighted by molar-refractivity contribution is 0.396. The molecule has 0 aliphatic carbocycles. The Morgan fingerprint density at radius 1 is 1.04 bits per heavy atom. The highest BCUT2D eigenvalue weighted by molar-refractivity contribution is 5.71. The third kappa shape index (κ3) is 5.99. The first kappa shape index (κ1) is 19.6. The number of rotatable bonds is 5. The fraction of sp³-hybridized carbons (Fsp3) is 0.333. The summed E-state index contributed by atoms with van der Waals surface area (Å²) in [7, 11) is 0. The Morgan fingerprint density at radius 3 is 2.38 bits per heavy atom. The second-order valence-electron chi connectivity index (χ2n) is 5.71. The van der Waals surface area contributed by atoms with Crippen molar-refractivity contribution in [1.29, 1.82) is 0 Å². The zero-order valence-electron chi connectivity index (χ0n) is 15.4. The molecule has 0 saturated heterocycles. The maximum atomic E-state index is 9.99. The zero-order valence-corrected chi connectivity index (χ0v) is 15.4. The third-order valence-corrected chi connectivity index (χ3v) is 3.36. The van der Waals surface area contributed by atoms with Crippen LogP contribution in [0.1, 0.15) is 50.3 Å². The number of benzene rings is 2. The lowest BCUT2D eigenvalue weighted by Crippen LogP contribution is -2.06. The first-order valence-electron chi connectivity index (χ1n) is 8.52. The Hall–Kier alpha value is -2.42. The Bertz CT molecular complexity index is 663. The van der Waals surface area contributed by atoms with Crippen LogP contribution >= 0.6 is 0 Å². The third-order valence-electron chi connectivity index (χ3n) is 3.36. The van der Waals surface area contributed by atoms with Gasteiger partial charge in [0.25, 0.3) is 0 Å². The maximum Gasteiger partial charge on any atom is 0.155 e. The Labute approximate surface area is 146 Å². The first-order chi connectivity index (χ1) is 11.5. The van der Waals surface area contributed by atoms with Gasteiger partial charge in [-0.05, 0) is 49.6 Å². The van der Waals surface area contributed by atoms with E-state index in [2.05, 4.69) is 33.2 Å². The van der Waals surface area contributed by atoms with E-state index < -0.39 is 0 Å². The van der Waals surface area contributed by atoms with Crippen LogP contribution in [0.15, 0.2) is 42.5 Å². The molecule has 0 aliphatic rings. The van der Waals surface area contributed by atoms with Crippen molar-refractivity contribution >= 4 is 11.8 Å². The quantitative estimate of drug-likeness (QED) is 0.503. The predicted molar refractivity (Wildman–Crippen MR) is 104 cm³/mol. The van der Waals surface area contributed by atoms with Crippen molar-refractivity contribution in [2.75, 3.05) is 5.48 Å². The molecule has 0 unspecified atom stereocenters. The van der Waals surface area contributed by atoms with E-state index in [4.69, 9.17) is 4.84 Å². The molecule has 0 bridgehead atoms. The topological polar surface area (TPSA) is 41.5 Å². The van der Waals surface area contributed by atoms with Gasteiger partial charge in [0, 0.05) is 5.56 Å². The number of aryl methyl sites for hydroxylation is 2. The molecule has 0 radical (unpaired) electrons. The molecular formula is C21H29NO2. The smallest absolute Gasteiger partial charge is 0.155 e. The number of phenols is 1. The summed E-state index contributed by atoms with van der Waals surface area (Å²) in [6.45, 7) is 10.4. The van der Waals surface area contributed by atoms with Crippen LogP contribution in [0.5, 0.6) is 11.5 Å². The average Bonchev–Trinajstić information content (AvgIpc) is 2.56. The van der Waals surface area contributed by atoms with Crippen molar-refractivity contribution < 1.29 is 9.94 Å². The van der Waals surface area contributed by atoms with Gasteiger partial charge in [-0.1, -0.05) is 57.5 Å². The predicted octanol–water partition coefficient (Wildman–Crippen LogP) is 6.25. The van der Waals surface area contributed by atoms with Crippen LogP contribution in [0, 0.1) is 13.8 Å². The van der Waals surface area contributed by atoms with Crippen molar-refractivity contribution in [2.24, 2.45) is 0 Å². The molecule has 2 aromatic carbocycles. The fourth-order valence-corrected chi connectivity index (χ4v) is 1.94. The number of hydrogen-bond donors (Lipinski definition) is 2. The summed E-state index contributed by atoms with van der Waals surface area (Å²) in [5, 5.41) is 9.99. The van der Waals surface area contributed by atoms with E-state index in [0.29, 0.717) is 11.4 Å². The minimum atomic E-state index is 0.164. The van der Waals surface area contributed by atoms with Gasteiger partial charge in [0.1, 0.15) is 11.4 Å². The number of aromatic hydroxyl groups is 1. The van der Waals surface area contributed by atoms with Gasteiger partial charge in [-0.3, -0.25) is 0 Å². The summed E-state index contributed by atoms with van der Waals surface area (Å²) in [5.74, 6) is 0.879. The second-order valence-corrected chi connectivity index (χ2v) is 5.71. The van der Waals surface area contributed by atoms with Crippen LogP contribution in [-0.2, 0) is 0 Å². The van der Waals surface area contributed by atoms with Gasteiger partial charge in [0.2, 0.25) is 0 Å². The standard InChI is InChI=1S/C18H21NO2.C3H8/c1-4-5-7-15-8-6-9-17(20)18(15)19-21-16-11-10-13(2)14(3)12-16;1-3-2/h5-12,19-20H,4H2,1-3H3;3H2,1-2H3/b7-5-;. The van der Waals surface area contributed by atoms with Gasteiger partial charge in [-0.15, -0.1) is 0 Å². The molecule has 0 atom stereocenters. The molecule has 0 spiro atoms. The number of hydrogen-bond acceptors (Lipinski definition) is 3. The minimum absolute atomic E-state index is 0.164. The molecule has 2 N–H and O–H groups in total. The van der Waals surface area contributed by atoms with Gasteiger partial charge in [0.05, 0.1) is 0 Å². The van der Waals surface area contributed by atoms with Gasteiger partial charge >= 0.3 is 0 Å². The Balaban J connectivity index is 0.000000891. The maximum absolute atomic E-state index is 9.99. The van der Waals surface area contributed by atoms with E-state index in [1.807, 2.05) is 49.4 Å². The van der Waals surface area contributed by atoms with E-state index in [-0.39, 0.29) is 5.75 Å². The molecule has 0 aromatic heterocycles. The molecule has 0 amide bonds. The molecule has 3 nitrogen and oxygen atoms in total. The SMILES string of the molecule is CC/C=C\c1cccc(O)c1NOc1ccc(C)c(C)c1.CCC. The van der Waals surface area contributed by atoms with Gasteiger partial charge in [-0.25, -0.2) is 5.48 Å². The highest BCUT2D eigenvalue weighted by atomic mass is 16.6. The number of para-hydroxylation sites is 1. The van der Waals surface area contributed by atoms with Crippen LogP contribution in [-0.4, -0.2) is 5.11 Å². The lowest BCUT2D eigenvalue weighted by Gasteiger charge is -2.13. The normalized spacial score (nSPS) is 10.2. The van der Waals surface area contributed by atoms with Gasteiger partial charge in [-0.2, -0.15) is 0 Å². The van der Waals surface area contributed by atoms with Crippen LogP contribution in [0.4, 0.5) is 5.69 Å². The lowest BCUT2D eigenvalue weighted by atomic mass is 10.1. The van der Waals surface area contributed by atoms with Crippen LogP contribution in [0.2, 0.25) is 0 Å². The van der Waals surface area contributed by atoms with Crippen molar-refractivity contribution in [1.82, 2.24) is 0 Å². The zero-order chi connectivity index (χ0) is 17.9. The van der Waals surface area contributed by atoms with Crippen LogP contribution in [0.25, 0.3) is 6.08 Å². The van der Waals surface area contributed by atoms with Crippen molar-refractivity contribution in [3.63, 3.8) is 0 Å². The molecule has 0 aliphatic heterocycles. The molecule has 0 fully saturated rings. The van der Waals surface area contributed by atoms with Gasteiger partial charge < -0.3 is 9.94 Å². The molecule has 2 aromatic rings. The molecule has 0 heterocycles. The van der Waals surface area contributed by atoms with E-state index >= 15 is 0 Å². The molecule has 3 heteroatoms. The molecular weight excluding hydrogens is 298 g/mol. The highest BCUT2D eigenvalue weighted by Crippen LogP contribution is 2.29. The van der Waals surface area contributed by atoms with E-state index in [1.165, 1.54) is 12.0 Å². The van der Waals surface area contributed by atoms with Crippen LogP contribution in [0.3, 0.4) is 0 Å². The summed E-state index contributed by atoms with van der Waals surface area (Å²) < 4.78 is 0. The molecule has 2 rings (SSSR count). The van der Waals surface area contributed by atoms with Crippen molar-refractivity contribution in [3.05, 3.63) is 59.2 Å². The summed E-state index contributed by atoms with van der Waals surface area (Å²) >= 11 is 0. The monoisotopic (exact) mass is 327 g/mol. The summed E-state index contributed by atoms with van der Waals surface area (Å²) in [5.41, 5.74) is 6.70. The summed E-state index contributed by atoms with van der Waals surface area (Å²) in [6.07, 6.45) is 6.19. The van der Waals surface area contributed by atoms with Crippen molar-refractivity contribution in [3.8, 4) is 11.5 Å². The number of nitrogens with one attached hydrogen (secondary N) is 1. The summed E-state index contributed by atoms with van der Waals surface area (Å²) in [6, 6.07) is 11.2. The fourth-order valence-electron chi connectivity index (χ4n) is 1.94. The van der Waals surface area contributed by atoms with E-state index in [9.17, 15) is 5.11 Å². The highest BCUT2D eigenvalue weighted by Gasteiger charge is 2.06. The number of phenolic OH excluding ortho intramolecular Hbond substituents is 1. The second kappa shape index (κ2) is 10.4. The van der Waals surface area contributed by atoms with Crippen molar-refractivity contribution in [2.45, 2.75) is 47.5 Å². The number of anilines is 1. The van der Waals surface area contributed by atoms with E-state index in [0.717, 1.165) is 17.5 Å². The van der Waals surface area contributed by atoms with Gasteiger partial charge in [0.15, 0.2) is 5.75 Å². The average molecular weight is 327 g/mol. The van der Waals surface area contributed by atoms with E-state index in [1.54, 1.807) is 6.07 Å². The number of allylic oxidation sites excluding steroid dienone is 1. The molecule has 24 heavy (non-hydrogen) atoms. The Kier molecular flexibility index (Phi) is 8.48. The van der Waals surface area contributed by atoms with Crippen LogP contribution < -0.4 is 10.3 Å². The summed E-state index contributed by atoms with van der Waals surface area (Å²) in [4.78, 5) is 5.59. The Morgan fingerprint density at radius 2 is 1.75 bits per heavy atom. The largest absolute Gasteiger partial charge is 0.506 e. The minimum Gasteiger partial charge on any atom is -0.506 e.